The highest BCUT2D eigenvalue weighted by Gasteiger charge is 2.25. The average molecular weight is 443 g/mol. The monoisotopic (exact) mass is 442 g/mol. The second-order valence-corrected chi connectivity index (χ2v) is 8.61. The number of anilines is 2. The molecule has 0 radical (unpaired) electrons. The number of piperidine rings is 1. The van der Waals surface area contributed by atoms with Crippen LogP contribution in [0.25, 0.3) is 11.0 Å². The van der Waals surface area contributed by atoms with Gasteiger partial charge in [0.25, 0.3) is 5.91 Å². The number of hydrogen-bond donors (Lipinski definition) is 1. The summed E-state index contributed by atoms with van der Waals surface area (Å²) in [5.41, 5.74) is 3.89. The predicted octanol–water partition coefficient (Wildman–Crippen LogP) is 5.70. The second kappa shape index (κ2) is 9.67. The molecule has 1 N–H and O–H groups in total. The van der Waals surface area contributed by atoms with E-state index in [1.807, 2.05) is 36.1 Å². The molecule has 1 atom stereocenters. The van der Waals surface area contributed by atoms with Crippen molar-refractivity contribution in [3.63, 3.8) is 0 Å². The van der Waals surface area contributed by atoms with Crippen LogP contribution in [0.3, 0.4) is 0 Å². The Morgan fingerprint density at radius 3 is 2.87 bits per heavy atom. The number of nitrogens with zero attached hydrogens (tertiary/aromatic N) is 3. The lowest BCUT2D eigenvalue weighted by atomic mass is 9.99. The van der Waals surface area contributed by atoms with Crippen LogP contribution in [0.15, 0.2) is 47.5 Å². The summed E-state index contributed by atoms with van der Waals surface area (Å²) in [6, 6.07) is 12.2. The molecular formula is C23H27ClN4OS. The summed E-state index contributed by atoms with van der Waals surface area (Å²) in [5.74, 6) is 0.565. The van der Waals surface area contributed by atoms with Crippen molar-refractivity contribution in [3.8, 4) is 0 Å². The topological polar surface area (TPSA) is 58.1 Å². The molecule has 1 unspecified atom stereocenters. The highest BCUT2D eigenvalue weighted by Crippen LogP contribution is 2.31. The highest BCUT2D eigenvalue weighted by molar-refractivity contribution is 7.98. The number of carbonyl (C=O) groups is 1. The van der Waals surface area contributed by atoms with Crippen molar-refractivity contribution < 1.29 is 4.79 Å². The van der Waals surface area contributed by atoms with Crippen molar-refractivity contribution in [2.45, 2.75) is 31.6 Å². The fraction of sp³-hybridized carbons (Fsp3) is 0.348. The average Bonchev–Trinajstić information content (AvgIpc) is 2.73. The second-order valence-electron chi connectivity index (χ2n) is 7.73. The van der Waals surface area contributed by atoms with Crippen LogP contribution in [-0.4, -0.2) is 40.1 Å². The van der Waals surface area contributed by atoms with Crippen LogP contribution >= 0.6 is 24.2 Å². The summed E-state index contributed by atoms with van der Waals surface area (Å²) in [6.07, 6.45) is 5.96. The lowest BCUT2D eigenvalue weighted by molar-refractivity contribution is 0.0684. The first-order valence-corrected chi connectivity index (χ1v) is 11.2. The van der Waals surface area contributed by atoms with Crippen molar-refractivity contribution in [3.05, 3.63) is 53.9 Å². The van der Waals surface area contributed by atoms with E-state index in [0.29, 0.717) is 17.1 Å². The molecule has 2 aromatic heterocycles. The molecule has 1 fully saturated rings. The normalized spacial score (nSPS) is 16.2. The maximum atomic E-state index is 13.4. The van der Waals surface area contributed by atoms with Gasteiger partial charge in [0.2, 0.25) is 0 Å². The van der Waals surface area contributed by atoms with E-state index in [1.165, 1.54) is 11.3 Å². The number of pyridine rings is 2. The molecule has 0 bridgehead atoms. The Labute approximate surface area is 188 Å². The number of aromatic nitrogens is 2. The van der Waals surface area contributed by atoms with Crippen LogP contribution in [0.5, 0.6) is 0 Å². The van der Waals surface area contributed by atoms with Gasteiger partial charge in [0, 0.05) is 40.9 Å². The summed E-state index contributed by atoms with van der Waals surface area (Å²) in [4.78, 5) is 25.6. The Morgan fingerprint density at radius 1 is 1.27 bits per heavy atom. The zero-order valence-electron chi connectivity index (χ0n) is 17.5. The van der Waals surface area contributed by atoms with Gasteiger partial charge >= 0.3 is 0 Å². The van der Waals surface area contributed by atoms with Crippen molar-refractivity contribution >= 4 is 52.5 Å². The first-order valence-electron chi connectivity index (χ1n) is 10.0. The van der Waals surface area contributed by atoms with Gasteiger partial charge in [-0.25, -0.2) is 9.97 Å². The van der Waals surface area contributed by atoms with E-state index in [2.05, 4.69) is 40.6 Å². The fourth-order valence-electron chi connectivity index (χ4n) is 3.86. The third-order valence-corrected chi connectivity index (χ3v) is 6.11. The van der Waals surface area contributed by atoms with Gasteiger partial charge in [-0.1, -0.05) is 13.0 Å². The largest absolute Gasteiger partial charge is 0.354 e. The van der Waals surface area contributed by atoms with Gasteiger partial charge < -0.3 is 10.2 Å². The molecule has 4 rings (SSSR count). The number of rotatable bonds is 4. The number of benzene rings is 1. The summed E-state index contributed by atoms with van der Waals surface area (Å²) >= 11 is 1.69. The minimum Gasteiger partial charge on any atom is -0.354 e. The van der Waals surface area contributed by atoms with Crippen LogP contribution in [0, 0.1) is 12.8 Å². The molecule has 0 saturated carbocycles. The van der Waals surface area contributed by atoms with Crippen LogP contribution in [0.2, 0.25) is 0 Å². The Morgan fingerprint density at radius 2 is 2.10 bits per heavy atom. The molecule has 1 saturated heterocycles. The molecule has 5 nitrogen and oxygen atoms in total. The number of halogens is 1. The molecule has 1 aromatic carbocycles. The molecule has 3 aromatic rings. The SMILES string of the molecule is CSc1cccc(Nc2c(C(=O)N3CCCC(C)C3)cnc3nc(C)ccc23)c1.Cl. The van der Waals surface area contributed by atoms with Gasteiger partial charge in [-0.2, -0.15) is 0 Å². The third-order valence-electron chi connectivity index (χ3n) is 5.38. The van der Waals surface area contributed by atoms with Crippen molar-refractivity contribution in [2.24, 2.45) is 5.92 Å². The molecule has 7 heteroatoms. The summed E-state index contributed by atoms with van der Waals surface area (Å²) < 4.78 is 0. The zero-order valence-corrected chi connectivity index (χ0v) is 19.1. The predicted molar refractivity (Wildman–Crippen MR) is 127 cm³/mol. The number of nitrogens with one attached hydrogen (secondary N) is 1. The summed E-state index contributed by atoms with van der Waals surface area (Å²) in [5, 5.41) is 4.36. The van der Waals surface area contributed by atoms with Crippen molar-refractivity contribution in [2.75, 3.05) is 24.7 Å². The molecule has 3 heterocycles. The smallest absolute Gasteiger partial charge is 0.257 e. The Bertz CT molecular complexity index is 1060. The van der Waals surface area contributed by atoms with Crippen molar-refractivity contribution in [1.82, 2.24) is 14.9 Å². The Kier molecular flexibility index (Phi) is 7.21. The minimum atomic E-state index is 0. The third kappa shape index (κ3) is 4.71. The molecule has 0 aliphatic carbocycles. The van der Waals surface area contributed by atoms with Gasteiger partial charge in [-0.3, -0.25) is 4.79 Å². The molecule has 1 aliphatic rings. The fourth-order valence-corrected chi connectivity index (χ4v) is 4.32. The van der Waals surface area contributed by atoms with E-state index in [-0.39, 0.29) is 18.3 Å². The first kappa shape index (κ1) is 22.4. The van der Waals surface area contributed by atoms with E-state index < -0.39 is 0 Å². The highest BCUT2D eigenvalue weighted by atomic mass is 35.5. The van der Waals surface area contributed by atoms with Crippen LogP contribution < -0.4 is 5.32 Å². The lowest BCUT2D eigenvalue weighted by Crippen LogP contribution is -2.39. The van der Waals surface area contributed by atoms with Crippen LogP contribution in [0.4, 0.5) is 11.4 Å². The van der Waals surface area contributed by atoms with Crippen molar-refractivity contribution in [1.29, 1.82) is 0 Å². The number of likely N-dealkylation sites (tertiary alicyclic amines) is 1. The molecule has 30 heavy (non-hydrogen) atoms. The van der Waals surface area contributed by atoms with Crippen LogP contribution in [0.1, 0.15) is 35.8 Å². The zero-order chi connectivity index (χ0) is 20.4. The first-order chi connectivity index (χ1) is 14.0. The van der Waals surface area contributed by atoms with Crippen LogP contribution in [-0.2, 0) is 0 Å². The van der Waals surface area contributed by atoms with E-state index in [1.54, 1.807) is 18.0 Å². The number of thioether (sulfide) groups is 1. The maximum absolute atomic E-state index is 13.4. The van der Waals surface area contributed by atoms with E-state index in [4.69, 9.17) is 0 Å². The molecule has 158 valence electrons. The molecule has 1 aliphatic heterocycles. The van der Waals surface area contributed by atoms with E-state index >= 15 is 0 Å². The van der Waals surface area contributed by atoms with Gasteiger partial charge in [0.1, 0.15) is 0 Å². The number of fused-ring (bicyclic) bond motifs is 1. The maximum Gasteiger partial charge on any atom is 0.257 e. The quantitative estimate of drug-likeness (QED) is 0.525. The molecule has 0 spiro atoms. The Hall–Kier alpha value is -2.31. The van der Waals surface area contributed by atoms with Gasteiger partial charge in [-0.05, 0) is 62.3 Å². The van der Waals surface area contributed by atoms with Gasteiger partial charge in [-0.15, -0.1) is 24.2 Å². The number of aryl methyl sites for hydroxylation is 1. The molecule has 1 amide bonds. The summed E-state index contributed by atoms with van der Waals surface area (Å²) in [6.45, 7) is 5.75. The van der Waals surface area contributed by atoms with E-state index in [0.717, 1.165) is 42.0 Å². The lowest BCUT2D eigenvalue weighted by Gasteiger charge is -2.31. The number of hydrogen-bond acceptors (Lipinski definition) is 5. The number of carbonyl (C=O) groups excluding carboxylic acids is 1. The molecular weight excluding hydrogens is 416 g/mol. The van der Waals surface area contributed by atoms with E-state index in [9.17, 15) is 4.79 Å². The van der Waals surface area contributed by atoms with Gasteiger partial charge in [0.15, 0.2) is 5.65 Å². The standard InChI is InChI=1S/C23H26N4OS.ClH/c1-15-6-5-11-27(14-15)23(28)20-13-24-22-19(10-9-16(2)25-22)21(20)26-17-7-4-8-18(12-17)29-3;/h4,7-10,12-13,15H,5-6,11,14H2,1-3H3,(H,24,25,26);1H. The summed E-state index contributed by atoms with van der Waals surface area (Å²) in [7, 11) is 0. The van der Waals surface area contributed by atoms with Gasteiger partial charge in [0.05, 0.1) is 11.3 Å². The number of amides is 1. The Balaban J connectivity index is 0.00000256. The minimum absolute atomic E-state index is 0.